The van der Waals surface area contributed by atoms with Gasteiger partial charge in [0.15, 0.2) is 5.82 Å². The Balaban J connectivity index is 1.23. The van der Waals surface area contributed by atoms with E-state index in [-0.39, 0.29) is 18.4 Å². The van der Waals surface area contributed by atoms with Crippen LogP contribution in [0.3, 0.4) is 0 Å². The summed E-state index contributed by atoms with van der Waals surface area (Å²) in [5.41, 5.74) is 2.18. The molecular weight excluding hydrogens is 352 g/mol. The lowest BCUT2D eigenvalue weighted by molar-refractivity contribution is -0.121. The topological polar surface area (TPSA) is 71.3 Å². The van der Waals surface area contributed by atoms with E-state index in [1.807, 2.05) is 36.4 Å². The molecule has 6 heteroatoms. The Labute approximate surface area is 164 Å². The average molecular weight is 376 g/mol. The summed E-state index contributed by atoms with van der Waals surface area (Å²) in [7, 11) is 0. The van der Waals surface area contributed by atoms with Gasteiger partial charge >= 0.3 is 0 Å². The second-order valence-corrected chi connectivity index (χ2v) is 7.16. The van der Waals surface area contributed by atoms with Crippen molar-refractivity contribution in [1.82, 2.24) is 20.4 Å². The van der Waals surface area contributed by atoms with Gasteiger partial charge in [-0.2, -0.15) is 4.98 Å². The van der Waals surface area contributed by atoms with Gasteiger partial charge in [0.25, 0.3) is 5.89 Å². The average Bonchev–Trinajstić information content (AvgIpc) is 3.19. The van der Waals surface area contributed by atoms with Gasteiger partial charge in [0, 0.05) is 31.2 Å². The van der Waals surface area contributed by atoms with Gasteiger partial charge < -0.3 is 9.84 Å². The summed E-state index contributed by atoms with van der Waals surface area (Å²) in [5, 5.41) is 7.04. The fraction of sp³-hybridized carbons (Fsp3) is 0.318. The number of aromatic nitrogens is 2. The first kappa shape index (κ1) is 18.4. The number of piperidine rings is 1. The SMILES string of the molecule is O=C(Cc1noc(-c2ccccc2)n1)NC1CCN(Cc2ccccc2)CC1. The first-order valence-corrected chi connectivity index (χ1v) is 9.70. The van der Waals surface area contributed by atoms with E-state index in [4.69, 9.17) is 4.52 Å². The molecule has 0 bridgehead atoms. The molecule has 1 aliphatic heterocycles. The molecule has 0 spiro atoms. The molecule has 1 saturated heterocycles. The van der Waals surface area contributed by atoms with Gasteiger partial charge in [-0.3, -0.25) is 9.69 Å². The number of rotatable bonds is 6. The number of carbonyl (C=O) groups excluding carboxylic acids is 1. The highest BCUT2D eigenvalue weighted by atomic mass is 16.5. The van der Waals surface area contributed by atoms with Crippen LogP contribution in [-0.2, 0) is 17.8 Å². The molecule has 0 aliphatic carbocycles. The van der Waals surface area contributed by atoms with E-state index in [0.29, 0.717) is 11.7 Å². The second kappa shape index (κ2) is 8.80. The maximum atomic E-state index is 12.4. The van der Waals surface area contributed by atoms with Crippen molar-refractivity contribution in [2.45, 2.75) is 31.8 Å². The number of amides is 1. The van der Waals surface area contributed by atoms with Crippen molar-refractivity contribution in [3.63, 3.8) is 0 Å². The Morgan fingerprint density at radius 3 is 2.43 bits per heavy atom. The zero-order valence-electron chi connectivity index (χ0n) is 15.8. The molecule has 2 aromatic carbocycles. The summed E-state index contributed by atoms with van der Waals surface area (Å²) < 4.78 is 5.26. The molecule has 0 radical (unpaired) electrons. The molecule has 1 amide bonds. The van der Waals surface area contributed by atoms with Crippen molar-refractivity contribution < 1.29 is 9.32 Å². The van der Waals surface area contributed by atoms with Crippen molar-refractivity contribution in [3.05, 3.63) is 72.1 Å². The Kier molecular flexibility index (Phi) is 5.77. The maximum absolute atomic E-state index is 12.4. The number of nitrogens with one attached hydrogen (secondary N) is 1. The van der Waals surface area contributed by atoms with E-state index >= 15 is 0 Å². The van der Waals surface area contributed by atoms with E-state index in [1.54, 1.807) is 0 Å². The molecule has 3 aromatic rings. The quantitative estimate of drug-likeness (QED) is 0.716. The molecule has 1 fully saturated rings. The van der Waals surface area contributed by atoms with Crippen LogP contribution < -0.4 is 5.32 Å². The normalized spacial score (nSPS) is 15.4. The zero-order valence-corrected chi connectivity index (χ0v) is 15.8. The van der Waals surface area contributed by atoms with Crippen molar-refractivity contribution in [3.8, 4) is 11.5 Å². The van der Waals surface area contributed by atoms with Crippen LogP contribution in [-0.4, -0.2) is 40.1 Å². The Hall–Kier alpha value is -2.99. The first-order chi connectivity index (χ1) is 13.8. The van der Waals surface area contributed by atoms with Crippen LogP contribution in [0.5, 0.6) is 0 Å². The molecule has 1 N–H and O–H groups in total. The van der Waals surface area contributed by atoms with Gasteiger partial charge in [-0.15, -0.1) is 0 Å². The largest absolute Gasteiger partial charge is 0.353 e. The summed E-state index contributed by atoms with van der Waals surface area (Å²) in [4.78, 5) is 19.1. The number of hydrogen-bond acceptors (Lipinski definition) is 5. The van der Waals surface area contributed by atoms with E-state index in [1.165, 1.54) is 5.56 Å². The van der Waals surface area contributed by atoms with E-state index < -0.39 is 0 Å². The monoisotopic (exact) mass is 376 g/mol. The summed E-state index contributed by atoms with van der Waals surface area (Å²) >= 11 is 0. The van der Waals surface area contributed by atoms with E-state index in [0.717, 1.165) is 38.0 Å². The fourth-order valence-electron chi connectivity index (χ4n) is 3.52. The summed E-state index contributed by atoms with van der Waals surface area (Å²) in [6.45, 7) is 2.94. The van der Waals surface area contributed by atoms with Crippen LogP contribution in [0, 0.1) is 0 Å². The predicted molar refractivity (Wildman–Crippen MR) is 106 cm³/mol. The minimum absolute atomic E-state index is 0.0538. The lowest BCUT2D eigenvalue weighted by Gasteiger charge is -2.32. The molecule has 28 heavy (non-hydrogen) atoms. The third-order valence-electron chi connectivity index (χ3n) is 5.01. The van der Waals surface area contributed by atoms with Crippen LogP contribution in [0.1, 0.15) is 24.2 Å². The van der Waals surface area contributed by atoms with Gasteiger partial charge in [-0.05, 0) is 30.5 Å². The standard InChI is InChI=1S/C22H24N4O2/c27-21(15-20-24-22(28-25-20)18-9-5-2-6-10-18)23-19-11-13-26(14-12-19)16-17-7-3-1-4-8-17/h1-10,19H,11-16H2,(H,23,27). The highest BCUT2D eigenvalue weighted by molar-refractivity contribution is 5.78. The van der Waals surface area contributed by atoms with Crippen molar-refractivity contribution in [2.24, 2.45) is 0 Å². The fourth-order valence-corrected chi connectivity index (χ4v) is 3.52. The molecule has 1 aromatic heterocycles. The van der Waals surface area contributed by atoms with Crippen LogP contribution in [0.15, 0.2) is 65.2 Å². The Morgan fingerprint density at radius 1 is 1.04 bits per heavy atom. The molecule has 0 atom stereocenters. The van der Waals surface area contributed by atoms with Crippen molar-refractivity contribution in [1.29, 1.82) is 0 Å². The minimum Gasteiger partial charge on any atom is -0.353 e. The molecular formula is C22H24N4O2. The summed E-state index contributed by atoms with van der Waals surface area (Å²) in [6.07, 6.45) is 2.06. The highest BCUT2D eigenvalue weighted by Crippen LogP contribution is 2.17. The summed E-state index contributed by atoms with van der Waals surface area (Å²) in [6, 6.07) is 20.3. The lowest BCUT2D eigenvalue weighted by Crippen LogP contribution is -2.44. The van der Waals surface area contributed by atoms with Crippen molar-refractivity contribution >= 4 is 5.91 Å². The maximum Gasteiger partial charge on any atom is 0.257 e. The number of hydrogen-bond donors (Lipinski definition) is 1. The highest BCUT2D eigenvalue weighted by Gasteiger charge is 2.21. The number of carbonyl (C=O) groups is 1. The molecule has 2 heterocycles. The second-order valence-electron chi connectivity index (χ2n) is 7.16. The van der Waals surface area contributed by atoms with Crippen LogP contribution in [0.4, 0.5) is 0 Å². The van der Waals surface area contributed by atoms with Crippen molar-refractivity contribution in [2.75, 3.05) is 13.1 Å². The van der Waals surface area contributed by atoms with Gasteiger partial charge in [0.2, 0.25) is 5.91 Å². The molecule has 0 unspecified atom stereocenters. The molecule has 144 valence electrons. The third kappa shape index (κ3) is 4.84. The van der Waals surface area contributed by atoms with Crippen LogP contribution >= 0.6 is 0 Å². The number of nitrogens with zero attached hydrogens (tertiary/aromatic N) is 3. The summed E-state index contributed by atoms with van der Waals surface area (Å²) in [5.74, 6) is 0.803. The lowest BCUT2D eigenvalue weighted by atomic mass is 10.0. The number of benzene rings is 2. The van der Waals surface area contributed by atoms with E-state index in [9.17, 15) is 4.79 Å². The third-order valence-corrected chi connectivity index (χ3v) is 5.01. The van der Waals surface area contributed by atoms with Gasteiger partial charge in [0.1, 0.15) is 0 Å². The molecule has 6 nitrogen and oxygen atoms in total. The predicted octanol–water partition coefficient (Wildman–Crippen LogP) is 3.06. The van der Waals surface area contributed by atoms with Gasteiger partial charge in [-0.25, -0.2) is 0 Å². The van der Waals surface area contributed by atoms with Crippen LogP contribution in [0.25, 0.3) is 11.5 Å². The van der Waals surface area contributed by atoms with Crippen LogP contribution in [0.2, 0.25) is 0 Å². The smallest absolute Gasteiger partial charge is 0.257 e. The molecule has 1 aliphatic rings. The molecule has 0 saturated carbocycles. The Morgan fingerprint density at radius 2 is 1.71 bits per heavy atom. The first-order valence-electron chi connectivity index (χ1n) is 9.70. The van der Waals surface area contributed by atoms with Gasteiger partial charge in [-0.1, -0.05) is 53.7 Å². The zero-order chi connectivity index (χ0) is 19.2. The van der Waals surface area contributed by atoms with Gasteiger partial charge in [0.05, 0.1) is 6.42 Å². The van der Waals surface area contributed by atoms with E-state index in [2.05, 4.69) is 44.6 Å². The molecule has 4 rings (SSSR count). The number of likely N-dealkylation sites (tertiary alicyclic amines) is 1. The minimum atomic E-state index is -0.0538. The Bertz CT molecular complexity index is 887.